The lowest BCUT2D eigenvalue weighted by Crippen LogP contribution is -2.40. The van der Waals surface area contributed by atoms with Crippen LogP contribution in [0.1, 0.15) is 37.9 Å². The minimum atomic E-state index is -0.746. The van der Waals surface area contributed by atoms with Gasteiger partial charge in [-0.3, -0.25) is 9.36 Å². The number of allylic oxidation sites excluding steroid dienone is 2. The van der Waals surface area contributed by atoms with E-state index < -0.39 is 12.0 Å². The first kappa shape index (κ1) is 27.2. The molecule has 1 atom stereocenters. The molecule has 1 aliphatic heterocycles. The number of ether oxygens (including phenoxy) is 3. The molecule has 206 valence electrons. The van der Waals surface area contributed by atoms with Crippen LogP contribution >= 0.6 is 11.3 Å². The van der Waals surface area contributed by atoms with E-state index in [-0.39, 0.29) is 12.2 Å². The van der Waals surface area contributed by atoms with Gasteiger partial charge in [0.15, 0.2) is 16.3 Å². The van der Waals surface area contributed by atoms with Crippen LogP contribution in [0.2, 0.25) is 0 Å². The molecule has 40 heavy (non-hydrogen) atoms. The zero-order chi connectivity index (χ0) is 28.4. The monoisotopic (exact) mass is 557 g/mol. The number of hydrogen-bond acceptors (Lipinski definition) is 7. The molecular formula is C31H31N3O5S. The SMILES string of the molecule is C=CCn1cc(C=c2sc3n(c2=O)[C@@H](c2ccc(OC)c(OCC)c2)C(C(=O)OCC)=C(C)N=3)c2ccccc21. The summed E-state index contributed by atoms with van der Waals surface area (Å²) in [5.74, 6) is 0.578. The van der Waals surface area contributed by atoms with Gasteiger partial charge in [-0.25, -0.2) is 9.79 Å². The number of hydrogen-bond donors (Lipinski definition) is 0. The van der Waals surface area contributed by atoms with Crippen molar-refractivity contribution in [3.8, 4) is 11.5 Å². The number of methoxy groups -OCH3 is 1. The number of nitrogens with zero attached hydrogens (tertiary/aromatic N) is 3. The van der Waals surface area contributed by atoms with Crippen LogP contribution < -0.4 is 24.4 Å². The van der Waals surface area contributed by atoms with E-state index in [0.717, 1.165) is 16.5 Å². The Morgan fingerprint density at radius 3 is 2.67 bits per heavy atom. The smallest absolute Gasteiger partial charge is 0.338 e. The number of carbonyl (C=O) groups is 1. The summed E-state index contributed by atoms with van der Waals surface area (Å²) in [5, 5.41) is 1.03. The van der Waals surface area contributed by atoms with Crippen molar-refractivity contribution in [3.05, 3.63) is 103 Å². The van der Waals surface area contributed by atoms with Gasteiger partial charge in [-0.15, -0.1) is 6.58 Å². The number of esters is 1. The Bertz CT molecular complexity index is 1830. The molecule has 0 amide bonds. The molecule has 2 aromatic carbocycles. The number of carbonyl (C=O) groups excluding carboxylic acids is 1. The zero-order valence-corrected chi connectivity index (χ0v) is 23.8. The van der Waals surface area contributed by atoms with Crippen molar-refractivity contribution in [2.45, 2.75) is 33.4 Å². The minimum absolute atomic E-state index is 0.203. The van der Waals surface area contributed by atoms with Crippen LogP contribution in [0, 0.1) is 0 Å². The van der Waals surface area contributed by atoms with Crippen LogP contribution in [0.3, 0.4) is 0 Å². The predicted octanol–water partition coefficient (Wildman–Crippen LogP) is 4.35. The van der Waals surface area contributed by atoms with Crippen LogP contribution in [0.25, 0.3) is 17.0 Å². The standard InChI is InChI=1S/C31H31N3O5S/c1-6-15-33-18-21(22-11-9-10-12-23(22)33)17-26-29(35)34-28(20-13-14-24(37-5)25(16-20)38-7-2)27(30(36)39-8-3)19(4)32-31(34)40-26/h6,9-14,16-18,28H,1,7-8,15H2,2-5H3/t28-/m0/s1. The highest BCUT2D eigenvalue weighted by Gasteiger charge is 2.34. The third-order valence-corrected chi connectivity index (χ3v) is 7.74. The van der Waals surface area contributed by atoms with Crippen LogP contribution in [0.4, 0.5) is 0 Å². The summed E-state index contributed by atoms with van der Waals surface area (Å²) in [5.41, 5.74) is 3.25. The molecule has 0 N–H and O–H groups in total. The van der Waals surface area contributed by atoms with Gasteiger partial charge in [0.2, 0.25) is 0 Å². The number of rotatable bonds is 9. The Kier molecular flexibility index (Phi) is 7.75. The largest absolute Gasteiger partial charge is 0.493 e. The Morgan fingerprint density at radius 2 is 1.95 bits per heavy atom. The summed E-state index contributed by atoms with van der Waals surface area (Å²) in [4.78, 5) is 32.5. The molecule has 0 aliphatic carbocycles. The maximum absolute atomic E-state index is 14.1. The van der Waals surface area contributed by atoms with Gasteiger partial charge in [0, 0.05) is 29.2 Å². The number of para-hydroxylation sites is 1. The Labute approximate surface area is 235 Å². The van der Waals surface area contributed by atoms with Crippen molar-refractivity contribution >= 4 is 34.3 Å². The van der Waals surface area contributed by atoms with Gasteiger partial charge in [0.25, 0.3) is 5.56 Å². The third-order valence-electron chi connectivity index (χ3n) is 6.75. The summed E-state index contributed by atoms with van der Waals surface area (Å²) in [7, 11) is 1.57. The van der Waals surface area contributed by atoms with Gasteiger partial charge in [-0.1, -0.05) is 41.7 Å². The molecular weight excluding hydrogens is 526 g/mol. The molecule has 0 radical (unpaired) electrons. The van der Waals surface area contributed by atoms with Crippen LogP contribution in [0.5, 0.6) is 11.5 Å². The first-order chi connectivity index (χ1) is 19.4. The first-order valence-electron chi connectivity index (χ1n) is 13.1. The van der Waals surface area contributed by atoms with Gasteiger partial charge in [-0.2, -0.15) is 0 Å². The second-order valence-corrected chi connectivity index (χ2v) is 10.2. The van der Waals surface area contributed by atoms with Crippen molar-refractivity contribution in [2.75, 3.05) is 20.3 Å². The predicted molar refractivity (Wildman–Crippen MR) is 157 cm³/mol. The normalized spacial score (nSPS) is 15.1. The van der Waals surface area contributed by atoms with Crippen molar-refractivity contribution in [3.63, 3.8) is 0 Å². The van der Waals surface area contributed by atoms with E-state index in [4.69, 9.17) is 14.2 Å². The zero-order valence-electron chi connectivity index (χ0n) is 23.0. The third kappa shape index (κ3) is 4.77. The Hall–Kier alpha value is -4.37. The van der Waals surface area contributed by atoms with Crippen LogP contribution in [-0.4, -0.2) is 35.4 Å². The fourth-order valence-electron chi connectivity index (χ4n) is 5.06. The summed E-state index contributed by atoms with van der Waals surface area (Å²) >= 11 is 1.30. The quantitative estimate of drug-likeness (QED) is 0.226. The van der Waals surface area contributed by atoms with E-state index in [9.17, 15) is 9.59 Å². The van der Waals surface area contributed by atoms with Gasteiger partial charge in [0.1, 0.15) is 0 Å². The molecule has 0 unspecified atom stereocenters. The summed E-state index contributed by atoms with van der Waals surface area (Å²) in [6.07, 6.45) is 5.76. The molecule has 2 aromatic heterocycles. The molecule has 1 aliphatic rings. The van der Waals surface area contributed by atoms with Crippen molar-refractivity contribution < 1.29 is 19.0 Å². The summed E-state index contributed by atoms with van der Waals surface area (Å²) in [6, 6.07) is 12.7. The average molecular weight is 558 g/mol. The molecule has 5 rings (SSSR count). The number of thiazole rings is 1. The molecule has 0 fully saturated rings. The lowest BCUT2D eigenvalue weighted by atomic mass is 9.95. The molecule has 0 bridgehead atoms. The fourth-order valence-corrected chi connectivity index (χ4v) is 6.10. The van der Waals surface area contributed by atoms with E-state index in [1.165, 1.54) is 11.3 Å². The molecule has 0 spiro atoms. The van der Waals surface area contributed by atoms with Crippen LogP contribution in [-0.2, 0) is 16.1 Å². The maximum Gasteiger partial charge on any atom is 0.338 e. The van der Waals surface area contributed by atoms with Gasteiger partial charge < -0.3 is 18.8 Å². The van der Waals surface area contributed by atoms with E-state index in [0.29, 0.717) is 50.8 Å². The van der Waals surface area contributed by atoms with Crippen LogP contribution in [0.15, 0.2) is 82.4 Å². The lowest BCUT2D eigenvalue weighted by molar-refractivity contribution is -0.139. The van der Waals surface area contributed by atoms with Crippen molar-refractivity contribution in [1.82, 2.24) is 9.13 Å². The summed E-state index contributed by atoms with van der Waals surface area (Å²) < 4.78 is 20.9. The lowest BCUT2D eigenvalue weighted by Gasteiger charge is -2.25. The average Bonchev–Trinajstić information content (AvgIpc) is 3.45. The first-order valence-corrected chi connectivity index (χ1v) is 13.9. The summed E-state index contributed by atoms with van der Waals surface area (Å²) in [6.45, 7) is 10.6. The highest BCUT2D eigenvalue weighted by Crippen LogP contribution is 2.36. The topological polar surface area (TPSA) is 84.0 Å². The molecule has 4 aromatic rings. The van der Waals surface area contributed by atoms with E-state index in [2.05, 4.69) is 16.1 Å². The minimum Gasteiger partial charge on any atom is -0.493 e. The van der Waals surface area contributed by atoms with Crippen molar-refractivity contribution in [1.29, 1.82) is 0 Å². The maximum atomic E-state index is 14.1. The molecule has 3 heterocycles. The van der Waals surface area contributed by atoms with Gasteiger partial charge in [-0.05, 0) is 50.6 Å². The van der Waals surface area contributed by atoms with Gasteiger partial charge in [0.05, 0.1) is 42.2 Å². The molecule has 8 nitrogen and oxygen atoms in total. The number of aromatic nitrogens is 2. The number of benzene rings is 2. The van der Waals surface area contributed by atoms with E-state index in [1.54, 1.807) is 31.6 Å². The van der Waals surface area contributed by atoms with E-state index in [1.807, 2.05) is 61.7 Å². The molecule has 0 saturated heterocycles. The highest BCUT2D eigenvalue weighted by atomic mass is 32.1. The molecule has 0 saturated carbocycles. The highest BCUT2D eigenvalue weighted by molar-refractivity contribution is 7.07. The fraction of sp³-hybridized carbons (Fsp3) is 0.258. The number of fused-ring (bicyclic) bond motifs is 2. The Morgan fingerprint density at radius 1 is 1.15 bits per heavy atom. The molecule has 9 heteroatoms. The van der Waals surface area contributed by atoms with Crippen molar-refractivity contribution in [2.24, 2.45) is 4.99 Å². The Balaban J connectivity index is 1.74. The second-order valence-electron chi connectivity index (χ2n) is 9.19. The van der Waals surface area contributed by atoms with E-state index >= 15 is 0 Å². The van der Waals surface area contributed by atoms with Gasteiger partial charge >= 0.3 is 5.97 Å². The second kappa shape index (κ2) is 11.4.